The fourth-order valence-corrected chi connectivity index (χ4v) is 2.88. The molecule has 0 heterocycles. The van der Waals surface area contributed by atoms with Gasteiger partial charge in [0.2, 0.25) is 0 Å². The number of ether oxygens (including phenoxy) is 1. The molecule has 1 N–H and O–H groups in total. The highest BCUT2D eigenvalue weighted by atomic mass is 16.5. The van der Waals surface area contributed by atoms with E-state index in [1.807, 2.05) is 49.4 Å². The Bertz CT molecular complexity index is 954. The van der Waals surface area contributed by atoms with Crippen LogP contribution in [0.5, 0.6) is 0 Å². The lowest BCUT2D eigenvalue weighted by molar-refractivity contribution is 0.0601. The van der Waals surface area contributed by atoms with Crippen LogP contribution >= 0.6 is 0 Å². The molecule has 130 valence electrons. The second-order valence-corrected chi connectivity index (χ2v) is 5.97. The molecule has 3 aromatic rings. The van der Waals surface area contributed by atoms with Crippen molar-refractivity contribution in [3.8, 4) is 22.3 Å². The number of carboxylic acids is 1. The van der Waals surface area contributed by atoms with Gasteiger partial charge < -0.3 is 9.84 Å². The maximum absolute atomic E-state index is 12.5. The van der Waals surface area contributed by atoms with Gasteiger partial charge in [-0.1, -0.05) is 60.2 Å². The van der Waals surface area contributed by atoms with Crippen LogP contribution in [-0.4, -0.2) is 24.2 Å². The second-order valence-electron chi connectivity index (χ2n) is 5.97. The van der Waals surface area contributed by atoms with Crippen LogP contribution in [0, 0.1) is 6.92 Å². The number of esters is 1. The van der Waals surface area contributed by atoms with E-state index in [-0.39, 0.29) is 5.56 Å². The Balaban J connectivity index is 2.19. The topological polar surface area (TPSA) is 63.6 Å². The average molecular weight is 346 g/mol. The number of carbonyl (C=O) groups excluding carboxylic acids is 1. The molecule has 0 spiro atoms. The molecule has 0 aromatic heterocycles. The molecule has 0 saturated heterocycles. The first-order valence-corrected chi connectivity index (χ1v) is 8.13. The highest BCUT2D eigenvalue weighted by Gasteiger charge is 2.19. The van der Waals surface area contributed by atoms with Gasteiger partial charge in [-0.25, -0.2) is 9.59 Å². The molecule has 0 aliphatic carbocycles. The molecule has 4 heteroatoms. The Hall–Kier alpha value is -3.40. The third kappa shape index (κ3) is 3.35. The minimum Gasteiger partial charge on any atom is -0.478 e. The Kier molecular flexibility index (Phi) is 4.85. The number of hydrogen-bond acceptors (Lipinski definition) is 3. The van der Waals surface area contributed by atoms with Crippen molar-refractivity contribution in [3.05, 3.63) is 83.4 Å². The van der Waals surface area contributed by atoms with E-state index in [1.165, 1.54) is 19.2 Å². The molecule has 0 bridgehead atoms. The number of benzene rings is 3. The standard InChI is InChI=1S/C22H18O4/c1-14-6-8-15(9-7-14)18-4-3-5-19(20(18)22(25)26-2)16-10-12-17(13-11-16)21(23)24/h3-13H,1-2H3,(H,23,24). The van der Waals surface area contributed by atoms with Gasteiger partial charge in [0.05, 0.1) is 18.2 Å². The average Bonchev–Trinajstić information content (AvgIpc) is 2.67. The second kappa shape index (κ2) is 7.23. The summed E-state index contributed by atoms with van der Waals surface area (Å²) in [5, 5.41) is 9.07. The van der Waals surface area contributed by atoms with Crippen molar-refractivity contribution >= 4 is 11.9 Å². The predicted octanol–water partition coefficient (Wildman–Crippen LogP) is 4.81. The number of carboxylic acid groups (broad SMARTS) is 1. The molecular formula is C22H18O4. The van der Waals surface area contributed by atoms with Crippen LogP contribution < -0.4 is 0 Å². The number of rotatable bonds is 4. The number of aromatic carboxylic acids is 1. The van der Waals surface area contributed by atoms with Gasteiger partial charge in [-0.15, -0.1) is 0 Å². The van der Waals surface area contributed by atoms with E-state index in [9.17, 15) is 9.59 Å². The molecule has 0 fully saturated rings. The summed E-state index contributed by atoms with van der Waals surface area (Å²) in [6.45, 7) is 2.01. The van der Waals surface area contributed by atoms with Crippen molar-refractivity contribution in [2.24, 2.45) is 0 Å². The zero-order valence-corrected chi connectivity index (χ0v) is 14.5. The monoisotopic (exact) mass is 346 g/mol. The molecule has 0 aliphatic rings. The van der Waals surface area contributed by atoms with Gasteiger partial charge in [-0.05, 0) is 41.3 Å². The van der Waals surface area contributed by atoms with Gasteiger partial charge in [-0.3, -0.25) is 0 Å². The summed E-state index contributed by atoms with van der Waals surface area (Å²) in [4.78, 5) is 23.6. The maximum atomic E-state index is 12.5. The molecule has 0 radical (unpaired) electrons. The predicted molar refractivity (Wildman–Crippen MR) is 100 cm³/mol. The third-order valence-corrected chi connectivity index (χ3v) is 4.26. The summed E-state index contributed by atoms with van der Waals surface area (Å²) in [6.07, 6.45) is 0. The highest BCUT2D eigenvalue weighted by molar-refractivity contribution is 6.04. The van der Waals surface area contributed by atoms with E-state index < -0.39 is 11.9 Å². The fourth-order valence-electron chi connectivity index (χ4n) is 2.88. The van der Waals surface area contributed by atoms with Gasteiger partial charge in [0.15, 0.2) is 0 Å². The molecule has 26 heavy (non-hydrogen) atoms. The highest BCUT2D eigenvalue weighted by Crippen LogP contribution is 2.33. The van der Waals surface area contributed by atoms with Crippen LogP contribution in [0.4, 0.5) is 0 Å². The van der Waals surface area contributed by atoms with Crippen molar-refractivity contribution in [1.29, 1.82) is 0 Å². The molecule has 0 unspecified atom stereocenters. The Morgan fingerprint density at radius 3 is 1.77 bits per heavy atom. The smallest absolute Gasteiger partial charge is 0.339 e. The van der Waals surface area contributed by atoms with E-state index in [0.29, 0.717) is 11.1 Å². The van der Waals surface area contributed by atoms with E-state index in [2.05, 4.69) is 0 Å². The first kappa shape index (κ1) is 17.4. The Morgan fingerprint density at radius 1 is 0.808 bits per heavy atom. The van der Waals surface area contributed by atoms with Crippen LogP contribution in [0.25, 0.3) is 22.3 Å². The van der Waals surface area contributed by atoms with E-state index in [0.717, 1.165) is 22.3 Å². The Morgan fingerprint density at radius 2 is 1.31 bits per heavy atom. The van der Waals surface area contributed by atoms with E-state index in [4.69, 9.17) is 9.84 Å². The van der Waals surface area contributed by atoms with Crippen LogP contribution in [0.2, 0.25) is 0 Å². The molecular weight excluding hydrogens is 328 g/mol. The first-order valence-electron chi connectivity index (χ1n) is 8.13. The van der Waals surface area contributed by atoms with Crippen molar-refractivity contribution in [2.45, 2.75) is 6.92 Å². The van der Waals surface area contributed by atoms with Crippen molar-refractivity contribution in [3.63, 3.8) is 0 Å². The van der Waals surface area contributed by atoms with Crippen molar-refractivity contribution < 1.29 is 19.4 Å². The molecule has 0 saturated carbocycles. The van der Waals surface area contributed by atoms with Gasteiger partial charge in [0.25, 0.3) is 0 Å². The quantitative estimate of drug-likeness (QED) is 0.688. The SMILES string of the molecule is COC(=O)c1c(-c2ccc(C)cc2)cccc1-c1ccc(C(=O)O)cc1. The number of hydrogen-bond donors (Lipinski definition) is 1. The summed E-state index contributed by atoms with van der Waals surface area (Å²) in [5.41, 5.74) is 4.94. The normalized spacial score (nSPS) is 10.4. The number of aryl methyl sites for hydroxylation is 1. The van der Waals surface area contributed by atoms with Crippen LogP contribution in [0.1, 0.15) is 26.3 Å². The number of carbonyl (C=O) groups is 2. The third-order valence-electron chi connectivity index (χ3n) is 4.26. The maximum Gasteiger partial charge on any atom is 0.339 e. The molecule has 0 aliphatic heterocycles. The lowest BCUT2D eigenvalue weighted by Gasteiger charge is -2.14. The zero-order chi connectivity index (χ0) is 18.7. The molecule has 0 amide bonds. The van der Waals surface area contributed by atoms with Crippen molar-refractivity contribution in [2.75, 3.05) is 7.11 Å². The minimum atomic E-state index is -0.988. The molecule has 0 atom stereocenters. The van der Waals surface area contributed by atoms with Crippen LogP contribution in [0.3, 0.4) is 0 Å². The fraction of sp³-hybridized carbons (Fsp3) is 0.0909. The van der Waals surface area contributed by atoms with Crippen molar-refractivity contribution in [1.82, 2.24) is 0 Å². The summed E-state index contributed by atoms with van der Waals surface area (Å²) in [6, 6.07) is 20.0. The lowest BCUT2D eigenvalue weighted by atomic mass is 9.91. The zero-order valence-electron chi connectivity index (χ0n) is 14.5. The van der Waals surface area contributed by atoms with Gasteiger partial charge in [0, 0.05) is 0 Å². The molecule has 3 aromatic carbocycles. The molecule has 3 rings (SSSR count). The molecule has 4 nitrogen and oxygen atoms in total. The van der Waals surface area contributed by atoms with E-state index in [1.54, 1.807) is 12.1 Å². The van der Waals surface area contributed by atoms with Crippen LogP contribution in [0.15, 0.2) is 66.7 Å². The summed E-state index contributed by atoms with van der Waals surface area (Å²) in [5.74, 6) is -1.42. The summed E-state index contributed by atoms with van der Waals surface area (Å²) < 4.78 is 5.01. The summed E-state index contributed by atoms with van der Waals surface area (Å²) >= 11 is 0. The summed E-state index contributed by atoms with van der Waals surface area (Å²) in [7, 11) is 1.35. The van der Waals surface area contributed by atoms with Gasteiger partial charge in [0.1, 0.15) is 0 Å². The van der Waals surface area contributed by atoms with Gasteiger partial charge in [-0.2, -0.15) is 0 Å². The Labute approximate surface area is 151 Å². The van der Waals surface area contributed by atoms with E-state index >= 15 is 0 Å². The first-order chi connectivity index (χ1) is 12.5. The number of methoxy groups -OCH3 is 1. The van der Waals surface area contributed by atoms with Gasteiger partial charge >= 0.3 is 11.9 Å². The largest absolute Gasteiger partial charge is 0.478 e. The lowest BCUT2D eigenvalue weighted by Crippen LogP contribution is -2.06. The van der Waals surface area contributed by atoms with Crippen LogP contribution in [-0.2, 0) is 4.74 Å². The minimum absolute atomic E-state index is 0.197.